The summed E-state index contributed by atoms with van der Waals surface area (Å²) in [5.74, 6) is 1.26. The number of hydrogen-bond acceptors (Lipinski definition) is 4. The summed E-state index contributed by atoms with van der Waals surface area (Å²) in [6.07, 6.45) is 0. The van der Waals surface area contributed by atoms with E-state index in [1.807, 2.05) is 25.3 Å². The van der Waals surface area contributed by atoms with Crippen molar-refractivity contribution in [3.8, 4) is 5.69 Å². The number of fused-ring (bicyclic) bond motifs is 3. The highest BCUT2D eigenvalue weighted by Crippen LogP contribution is 2.38. The first-order chi connectivity index (χ1) is 9.44. The van der Waals surface area contributed by atoms with Gasteiger partial charge in [0.15, 0.2) is 11.6 Å². The van der Waals surface area contributed by atoms with Crippen molar-refractivity contribution in [1.29, 1.82) is 0 Å². The van der Waals surface area contributed by atoms with E-state index in [4.69, 9.17) is 4.74 Å². The maximum absolute atomic E-state index is 13.7. The number of aryl methyl sites for hydroxylation is 1. The zero-order valence-electron chi connectivity index (χ0n) is 12.0. The first-order valence-electron chi connectivity index (χ1n) is 6.46. The van der Waals surface area contributed by atoms with Gasteiger partial charge in [0.2, 0.25) is 0 Å². The van der Waals surface area contributed by atoms with E-state index in [2.05, 4.69) is 15.5 Å². The maximum atomic E-state index is 13.7. The molecule has 1 aliphatic rings. The van der Waals surface area contributed by atoms with E-state index in [9.17, 15) is 4.39 Å². The lowest BCUT2D eigenvalue weighted by Gasteiger charge is -2.34. The van der Waals surface area contributed by atoms with E-state index >= 15 is 0 Å². The number of hydrogen-bond donors (Lipinski definition) is 1. The highest BCUT2D eigenvalue weighted by molar-refractivity contribution is 5.69. The van der Waals surface area contributed by atoms with Crippen LogP contribution in [-0.2, 0) is 16.9 Å². The van der Waals surface area contributed by atoms with Gasteiger partial charge in [0.1, 0.15) is 12.4 Å². The molecule has 2 heterocycles. The van der Waals surface area contributed by atoms with Crippen LogP contribution in [0.15, 0.2) is 12.1 Å². The van der Waals surface area contributed by atoms with Crippen LogP contribution in [0.25, 0.3) is 5.69 Å². The third-order valence-corrected chi connectivity index (χ3v) is 3.50. The van der Waals surface area contributed by atoms with E-state index in [-0.39, 0.29) is 5.82 Å². The summed E-state index contributed by atoms with van der Waals surface area (Å²) in [7, 11) is 1.62. The Morgan fingerprint density at radius 3 is 2.80 bits per heavy atom. The number of aromatic nitrogens is 3. The summed E-state index contributed by atoms with van der Waals surface area (Å²) in [4.78, 5) is 0. The molecule has 6 heteroatoms. The van der Waals surface area contributed by atoms with Crippen molar-refractivity contribution in [3.63, 3.8) is 0 Å². The lowest BCUT2D eigenvalue weighted by Crippen LogP contribution is -2.36. The highest BCUT2D eigenvalue weighted by atomic mass is 19.1. The van der Waals surface area contributed by atoms with Gasteiger partial charge in [-0.1, -0.05) is 0 Å². The fourth-order valence-electron chi connectivity index (χ4n) is 2.70. The molecule has 0 aliphatic carbocycles. The van der Waals surface area contributed by atoms with E-state index in [1.165, 1.54) is 12.1 Å². The number of ether oxygens (including phenoxy) is 1. The molecule has 5 nitrogen and oxygen atoms in total. The number of anilines is 1. The highest BCUT2D eigenvalue weighted by Gasteiger charge is 2.35. The standard InChI is InChI=1S/C14H17FN4O/c1-8-5-9(15)6-10-12(8)19-11(7-20-4)17-18-13(19)14(2,3)16-10/h5-6,16H,7H2,1-4H3. The Kier molecular flexibility index (Phi) is 2.79. The zero-order valence-corrected chi connectivity index (χ0v) is 12.0. The lowest BCUT2D eigenvalue weighted by molar-refractivity contribution is 0.176. The van der Waals surface area contributed by atoms with Gasteiger partial charge in [-0.25, -0.2) is 4.39 Å². The van der Waals surface area contributed by atoms with Gasteiger partial charge in [0.05, 0.1) is 16.9 Å². The van der Waals surface area contributed by atoms with Gasteiger partial charge in [0.25, 0.3) is 0 Å². The molecule has 106 valence electrons. The van der Waals surface area contributed by atoms with Crippen molar-refractivity contribution < 1.29 is 9.13 Å². The van der Waals surface area contributed by atoms with Gasteiger partial charge in [-0.05, 0) is 38.5 Å². The van der Waals surface area contributed by atoms with Gasteiger partial charge in [-0.3, -0.25) is 4.57 Å². The van der Waals surface area contributed by atoms with Crippen LogP contribution >= 0.6 is 0 Å². The minimum Gasteiger partial charge on any atom is -0.377 e. The molecule has 3 rings (SSSR count). The molecule has 1 aromatic heterocycles. The van der Waals surface area contributed by atoms with E-state index in [0.717, 1.165) is 22.8 Å². The number of benzene rings is 1. The van der Waals surface area contributed by atoms with Crippen LogP contribution in [0, 0.1) is 12.7 Å². The molecule has 2 aromatic rings. The number of methoxy groups -OCH3 is 1. The molecule has 1 aromatic carbocycles. The number of halogens is 1. The SMILES string of the molecule is COCc1nnc2n1-c1c(C)cc(F)cc1NC2(C)C. The molecule has 0 amide bonds. The Morgan fingerprint density at radius 1 is 1.35 bits per heavy atom. The third kappa shape index (κ3) is 1.79. The molecule has 0 atom stereocenters. The van der Waals surface area contributed by atoms with Gasteiger partial charge in [-0.15, -0.1) is 10.2 Å². The second kappa shape index (κ2) is 4.28. The summed E-state index contributed by atoms with van der Waals surface area (Å²) in [6, 6.07) is 3.02. The van der Waals surface area contributed by atoms with Crippen molar-refractivity contribution in [2.75, 3.05) is 12.4 Å². The predicted octanol–water partition coefficient (Wildman–Crippen LogP) is 2.52. The number of rotatable bonds is 2. The fourth-order valence-corrected chi connectivity index (χ4v) is 2.70. The largest absolute Gasteiger partial charge is 0.377 e. The first-order valence-corrected chi connectivity index (χ1v) is 6.46. The molecular formula is C14H17FN4O. The Bertz CT molecular complexity index is 678. The van der Waals surface area contributed by atoms with Crippen molar-refractivity contribution in [2.24, 2.45) is 0 Å². The minimum absolute atomic E-state index is 0.255. The van der Waals surface area contributed by atoms with Crippen LogP contribution in [0.3, 0.4) is 0 Å². The molecular weight excluding hydrogens is 259 g/mol. The monoisotopic (exact) mass is 276 g/mol. The smallest absolute Gasteiger partial charge is 0.163 e. The van der Waals surface area contributed by atoms with E-state index in [1.54, 1.807) is 7.11 Å². The summed E-state index contributed by atoms with van der Waals surface area (Å²) in [6.45, 7) is 6.22. The third-order valence-electron chi connectivity index (χ3n) is 3.50. The Morgan fingerprint density at radius 2 is 2.10 bits per heavy atom. The van der Waals surface area contributed by atoms with Crippen LogP contribution in [0.2, 0.25) is 0 Å². The second-order valence-electron chi connectivity index (χ2n) is 5.58. The fraction of sp³-hybridized carbons (Fsp3) is 0.429. The van der Waals surface area contributed by atoms with Crippen LogP contribution in [0.4, 0.5) is 10.1 Å². The molecule has 0 radical (unpaired) electrons. The molecule has 0 spiro atoms. The van der Waals surface area contributed by atoms with Crippen LogP contribution in [0.1, 0.15) is 31.1 Å². The lowest BCUT2D eigenvalue weighted by atomic mass is 9.98. The number of nitrogens with one attached hydrogen (secondary N) is 1. The van der Waals surface area contributed by atoms with Gasteiger partial charge in [0, 0.05) is 7.11 Å². The Labute approximate surface area is 116 Å². The molecule has 1 aliphatic heterocycles. The molecule has 20 heavy (non-hydrogen) atoms. The van der Waals surface area contributed by atoms with Crippen LogP contribution < -0.4 is 5.32 Å². The topological polar surface area (TPSA) is 52.0 Å². The predicted molar refractivity (Wildman–Crippen MR) is 73.4 cm³/mol. The van der Waals surface area contributed by atoms with Gasteiger partial charge in [-0.2, -0.15) is 0 Å². The minimum atomic E-state index is -0.424. The Balaban J connectivity index is 2.31. The second-order valence-corrected chi connectivity index (χ2v) is 5.58. The summed E-state index contributed by atoms with van der Waals surface area (Å²) in [5, 5.41) is 11.8. The van der Waals surface area contributed by atoms with Crippen molar-refractivity contribution in [2.45, 2.75) is 32.9 Å². The quantitative estimate of drug-likeness (QED) is 0.915. The zero-order chi connectivity index (χ0) is 14.5. The molecule has 0 fully saturated rings. The molecule has 0 saturated heterocycles. The Hall–Kier alpha value is -1.95. The van der Waals surface area contributed by atoms with Crippen molar-refractivity contribution in [1.82, 2.24) is 14.8 Å². The average Bonchev–Trinajstić information content (AvgIpc) is 2.73. The molecule has 1 N–H and O–H groups in total. The van der Waals surface area contributed by atoms with Crippen molar-refractivity contribution >= 4 is 5.69 Å². The van der Waals surface area contributed by atoms with Crippen molar-refractivity contribution in [3.05, 3.63) is 35.2 Å². The molecule has 0 bridgehead atoms. The summed E-state index contributed by atoms with van der Waals surface area (Å²) in [5.41, 5.74) is 2.04. The molecule has 0 unspecified atom stereocenters. The molecule has 0 saturated carbocycles. The van der Waals surface area contributed by atoms with Gasteiger partial charge >= 0.3 is 0 Å². The first kappa shape index (κ1) is 13.1. The summed E-state index contributed by atoms with van der Waals surface area (Å²) < 4.78 is 20.8. The summed E-state index contributed by atoms with van der Waals surface area (Å²) >= 11 is 0. The maximum Gasteiger partial charge on any atom is 0.163 e. The van der Waals surface area contributed by atoms with Crippen LogP contribution in [-0.4, -0.2) is 21.9 Å². The van der Waals surface area contributed by atoms with Crippen LogP contribution in [0.5, 0.6) is 0 Å². The number of nitrogens with zero attached hydrogens (tertiary/aromatic N) is 3. The van der Waals surface area contributed by atoms with Gasteiger partial charge < -0.3 is 10.1 Å². The van der Waals surface area contributed by atoms with E-state index < -0.39 is 5.54 Å². The normalized spacial score (nSPS) is 15.4. The van der Waals surface area contributed by atoms with E-state index in [0.29, 0.717) is 12.4 Å². The average molecular weight is 276 g/mol.